The van der Waals surface area contributed by atoms with E-state index in [1.165, 1.54) is 0 Å². The average molecular weight is 215 g/mol. The van der Waals surface area contributed by atoms with Crippen LogP contribution in [-0.4, -0.2) is 23.1 Å². The van der Waals surface area contributed by atoms with Crippen molar-refractivity contribution in [2.24, 2.45) is 5.73 Å². The molecule has 0 saturated carbocycles. The molecule has 16 heavy (non-hydrogen) atoms. The molecule has 0 atom stereocenters. The number of nitrogens with zero attached hydrogens (tertiary/aromatic N) is 2. The van der Waals surface area contributed by atoms with E-state index in [2.05, 4.69) is 9.97 Å². The largest absolute Gasteiger partial charge is 0.492 e. The van der Waals surface area contributed by atoms with Crippen LogP contribution in [0.25, 0.3) is 11.4 Å². The Balaban J connectivity index is 2.22. The standard InChI is InChI=1S/C12H13N3O/c13-5-8-16-11-4-1-3-10(9-11)12-14-6-2-7-15-12/h1-4,6-7,9H,5,8,13H2. The third-order valence-corrected chi connectivity index (χ3v) is 2.04. The molecule has 0 bridgehead atoms. The van der Waals surface area contributed by atoms with Crippen LogP contribution < -0.4 is 10.5 Å². The van der Waals surface area contributed by atoms with Gasteiger partial charge < -0.3 is 10.5 Å². The van der Waals surface area contributed by atoms with Gasteiger partial charge >= 0.3 is 0 Å². The van der Waals surface area contributed by atoms with Gasteiger partial charge in [-0.15, -0.1) is 0 Å². The summed E-state index contributed by atoms with van der Waals surface area (Å²) in [4.78, 5) is 8.36. The minimum absolute atomic E-state index is 0.506. The first-order valence-electron chi connectivity index (χ1n) is 5.10. The van der Waals surface area contributed by atoms with Crippen molar-refractivity contribution < 1.29 is 4.74 Å². The van der Waals surface area contributed by atoms with Crippen LogP contribution in [0.5, 0.6) is 5.75 Å². The maximum atomic E-state index is 5.44. The molecule has 0 amide bonds. The predicted molar refractivity (Wildman–Crippen MR) is 62.0 cm³/mol. The molecule has 0 fully saturated rings. The summed E-state index contributed by atoms with van der Waals surface area (Å²) in [6, 6.07) is 9.45. The molecule has 0 unspecified atom stereocenters. The second kappa shape index (κ2) is 5.23. The van der Waals surface area contributed by atoms with Crippen LogP contribution in [0.3, 0.4) is 0 Å². The normalized spacial score (nSPS) is 10.1. The van der Waals surface area contributed by atoms with Crippen LogP contribution in [0.1, 0.15) is 0 Å². The summed E-state index contributed by atoms with van der Waals surface area (Å²) in [5.74, 6) is 1.48. The minimum atomic E-state index is 0.506. The van der Waals surface area contributed by atoms with Crippen LogP contribution in [0.4, 0.5) is 0 Å². The number of hydrogen-bond donors (Lipinski definition) is 1. The number of benzene rings is 1. The van der Waals surface area contributed by atoms with E-state index in [1.54, 1.807) is 18.5 Å². The van der Waals surface area contributed by atoms with E-state index in [4.69, 9.17) is 10.5 Å². The number of hydrogen-bond acceptors (Lipinski definition) is 4. The summed E-state index contributed by atoms with van der Waals surface area (Å²) in [5, 5.41) is 0. The van der Waals surface area contributed by atoms with Crippen molar-refractivity contribution in [3.05, 3.63) is 42.7 Å². The first-order valence-corrected chi connectivity index (χ1v) is 5.10. The van der Waals surface area contributed by atoms with Gasteiger partial charge in [0.1, 0.15) is 12.4 Å². The van der Waals surface area contributed by atoms with Crippen molar-refractivity contribution in [2.75, 3.05) is 13.2 Å². The molecule has 0 aliphatic carbocycles. The molecule has 2 aromatic rings. The molecular formula is C12H13N3O. The summed E-state index contributed by atoms with van der Waals surface area (Å²) in [6.45, 7) is 1.02. The highest BCUT2D eigenvalue weighted by Crippen LogP contribution is 2.20. The van der Waals surface area contributed by atoms with Gasteiger partial charge in [0.25, 0.3) is 0 Å². The fraction of sp³-hybridized carbons (Fsp3) is 0.167. The molecule has 4 heteroatoms. The van der Waals surface area contributed by atoms with Crippen LogP contribution in [0.2, 0.25) is 0 Å². The average Bonchev–Trinajstić information content (AvgIpc) is 2.38. The van der Waals surface area contributed by atoms with E-state index >= 15 is 0 Å². The van der Waals surface area contributed by atoms with Crippen molar-refractivity contribution in [1.82, 2.24) is 9.97 Å². The van der Waals surface area contributed by atoms with E-state index in [0.717, 1.165) is 11.3 Å². The zero-order valence-electron chi connectivity index (χ0n) is 8.84. The lowest BCUT2D eigenvalue weighted by Crippen LogP contribution is -2.10. The van der Waals surface area contributed by atoms with Gasteiger partial charge in [0.15, 0.2) is 5.82 Å². The second-order valence-corrected chi connectivity index (χ2v) is 3.24. The van der Waals surface area contributed by atoms with Crippen LogP contribution in [0.15, 0.2) is 42.7 Å². The van der Waals surface area contributed by atoms with E-state index in [0.29, 0.717) is 19.0 Å². The Morgan fingerprint density at radius 3 is 2.69 bits per heavy atom. The molecular weight excluding hydrogens is 202 g/mol. The van der Waals surface area contributed by atoms with Crippen LogP contribution >= 0.6 is 0 Å². The van der Waals surface area contributed by atoms with Gasteiger partial charge in [-0.3, -0.25) is 0 Å². The lowest BCUT2D eigenvalue weighted by atomic mass is 10.2. The SMILES string of the molecule is NCCOc1cccc(-c2ncccn2)c1. The summed E-state index contributed by atoms with van der Waals surface area (Å²) in [7, 11) is 0. The van der Waals surface area contributed by atoms with E-state index in [9.17, 15) is 0 Å². The minimum Gasteiger partial charge on any atom is -0.492 e. The highest BCUT2D eigenvalue weighted by molar-refractivity contribution is 5.56. The van der Waals surface area contributed by atoms with Gasteiger partial charge in [0, 0.05) is 24.5 Å². The Morgan fingerprint density at radius 1 is 1.12 bits per heavy atom. The molecule has 0 radical (unpaired) electrons. The Kier molecular flexibility index (Phi) is 3.46. The second-order valence-electron chi connectivity index (χ2n) is 3.24. The molecule has 0 aliphatic rings. The fourth-order valence-corrected chi connectivity index (χ4v) is 1.35. The maximum Gasteiger partial charge on any atom is 0.159 e. The van der Waals surface area contributed by atoms with Gasteiger partial charge in [0.05, 0.1) is 0 Å². The quantitative estimate of drug-likeness (QED) is 0.839. The van der Waals surface area contributed by atoms with Gasteiger partial charge in [-0.05, 0) is 18.2 Å². The molecule has 2 rings (SSSR count). The molecule has 82 valence electrons. The summed E-state index contributed by atoms with van der Waals surface area (Å²) in [6.07, 6.45) is 3.44. The molecule has 0 aliphatic heterocycles. The lowest BCUT2D eigenvalue weighted by molar-refractivity contribution is 0.328. The third-order valence-electron chi connectivity index (χ3n) is 2.04. The number of ether oxygens (including phenoxy) is 1. The highest BCUT2D eigenvalue weighted by atomic mass is 16.5. The molecule has 0 saturated heterocycles. The number of nitrogens with two attached hydrogens (primary N) is 1. The van der Waals surface area contributed by atoms with Crippen molar-refractivity contribution in [3.63, 3.8) is 0 Å². The zero-order chi connectivity index (χ0) is 11.2. The monoisotopic (exact) mass is 215 g/mol. The molecule has 2 N–H and O–H groups in total. The zero-order valence-corrected chi connectivity index (χ0v) is 8.84. The Bertz CT molecular complexity index is 445. The number of aromatic nitrogens is 2. The van der Waals surface area contributed by atoms with Crippen LogP contribution in [0, 0.1) is 0 Å². The van der Waals surface area contributed by atoms with E-state index in [-0.39, 0.29) is 0 Å². The van der Waals surface area contributed by atoms with Crippen molar-refractivity contribution >= 4 is 0 Å². The lowest BCUT2D eigenvalue weighted by Gasteiger charge is -2.05. The Labute approximate surface area is 94.1 Å². The van der Waals surface area contributed by atoms with Gasteiger partial charge in [0.2, 0.25) is 0 Å². The first kappa shape index (κ1) is 10.6. The summed E-state index contributed by atoms with van der Waals surface area (Å²) >= 11 is 0. The third kappa shape index (κ3) is 2.55. The predicted octanol–water partition coefficient (Wildman–Crippen LogP) is 1.48. The van der Waals surface area contributed by atoms with Crippen molar-refractivity contribution in [3.8, 4) is 17.1 Å². The maximum absolute atomic E-state index is 5.44. The Hall–Kier alpha value is -1.94. The fourth-order valence-electron chi connectivity index (χ4n) is 1.35. The van der Waals surface area contributed by atoms with Gasteiger partial charge in [-0.2, -0.15) is 0 Å². The summed E-state index contributed by atoms with van der Waals surface area (Å²) in [5.41, 5.74) is 6.32. The topological polar surface area (TPSA) is 61.0 Å². The molecule has 0 spiro atoms. The van der Waals surface area contributed by atoms with Crippen molar-refractivity contribution in [2.45, 2.75) is 0 Å². The van der Waals surface area contributed by atoms with Crippen molar-refractivity contribution in [1.29, 1.82) is 0 Å². The van der Waals surface area contributed by atoms with Gasteiger partial charge in [-0.1, -0.05) is 12.1 Å². The Morgan fingerprint density at radius 2 is 1.94 bits per heavy atom. The smallest absolute Gasteiger partial charge is 0.159 e. The van der Waals surface area contributed by atoms with Crippen LogP contribution in [-0.2, 0) is 0 Å². The first-order chi connectivity index (χ1) is 7.90. The molecule has 1 aromatic carbocycles. The molecule has 1 heterocycles. The van der Waals surface area contributed by atoms with Gasteiger partial charge in [-0.25, -0.2) is 9.97 Å². The van der Waals surface area contributed by atoms with E-state index < -0.39 is 0 Å². The number of rotatable bonds is 4. The molecule has 4 nitrogen and oxygen atoms in total. The highest BCUT2D eigenvalue weighted by Gasteiger charge is 2.01. The summed E-state index contributed by atoms with van der Waals surface area (Å²) < 4.78 is 5.44. The van der Waals surface area contributed by atoms with E-state index in [1.807, 2.05) is 24.3 Å². The molecule has 1 aromatic heterocycles.